The highest BCUT2D eigenvalue weighted by Crippen LogP contribution is 2.20. The zero-order valence-electron chi connectivity index (χ0n) is 15.3. The normalized spacial score (nSPS) is 17.7. The van der Waals surface area contributed by atoms with Gasteiger partial charge in [0.25, 0.3) is 0 Å². The molecule has 1 N–H and O–H groups in total. The van der Waals surface area contributed by atoms with E-state index >= 15 is 0 Å². The van der Waals surface area contributed by atoms with E-state index in [1.165, 1.54) is 4.31 Å². The van der Waals surface area contributed by atoms with Crippen LogP contribution in [0.4, 0.5) is 8.78 Å². The Hall–Kier alpha value is -1.58. The number of rotatable bonds is 4. The molecule has 0 aliphatic carbocycles. The average molecular weight is 389 g/mol. The Kier molecular flexibility index (Phi) is 6.36. The molecule has 0 bridgehead atoms. The Morgan fingerprint density at radius 1 is 1.12 bits per heavy atom. The molecule has 1 aliphatic rings. The number of carbonyl (C=O) groups is 1. The first-order valence-electron chi connectivity index (χ1n) is 8.47. The summed E-state index contributed by atoms with van der Waals surface area (Å²) in [7, 11) is -3.91. The molecule has 0 aromatic heterocycles. The Morgan fingerprint density at radius 3 is 2.42 bits per heavy atom. The summed E-state index contributed by atoms with van der Waals surface area (Å²) < 4.78 is 53.0. The van der Waals surface area contributed by atoms with Crippen molar-refractivity contribution in [2.45, 2.75) is 37.6 Å². The van der Waals surface area contributed by atoms with E-state index in [1.807, 2.05) is 25.7 Å². The SMILES string of the molecule is CC(C)(C)NC(=O)CN1CCCN(S(=O)(=O)c2ccc(F)c(F)c2)CC1. The minimum Gasteiger partial charge on any atom is -0.350 e. The number of hydrogen-bond acceptors (Lipinski definition) is 4. The summed E-state index contributed by atoms with van der Waals surface area (Å²) in [6.07, 6.45) is 0.547. The van der Waals surface area contributed by atoms with Crippen molar-refractivity contribution in [2.24, 2.45) is 0 Å². The largest absolute Gasteiger partial charge is 0.350 e. The maximum absolute atomic E-state index is 13.4. The van der Waals surface area contributed by atoms with Crippen molar-refractivity contribution in [3.63, 3.8) is 0 Å². The van der Waals surface area contributed by atoms with E-state index in [0.717, 1.165) is 12.1 Å². The van der Waals surface area contributed by atoms with Crippen LogP contribution < -0.4 is 5.32 Å². The fraction of sp³-hybridized carbons (Fsp3) is 0.588. The smallest absolute Gasteiger partial charge is 0.243 e. The summed E-state index contributed by atoms with van der Waals surface area (Å²) in [5.41, 5.74) is -0.328. The first kappa shape index (κ1) is 20.7. The van der Waals surface area contributed by atoms with E-state index in [1.54, 1.807) is 0 Å². The molecule has 1 fully saturated rings. The number of nitrogens with one attached hydrogen (secondary N) is 1. The quantitative estimate of drug-likeness (QED) is 0.849. The number of carbonyl (C=O) groups excluding carboxylic acids is 1. The van der Waals surface area contributed by atoms with Crippen molar-refractivity contribution in [3.8, 4) is 0 Å². The minimum absolute atomic E-state index is 0.116. The molecule has 1 aromatic rings. The highest BCUT2D eigenvalue weighted by molar-refractivity contribution is 7.89. The minimum atomic E-state index is -3.91. The van der Waals surface area contributed by atoms with Crippen LogP contribution >= 0.6 is 0 Å². The predicted molar refractivity (Wildman–Crippen MR) is 94.1 cm³/mol. The van der Waals surface area contributed by atoms with E-state index in [0.29, 0.717) is 25.6 Å². The number of halogens is 2. The molecule has 26 heavy (non-hydrogen) atoms. The summed E-state index contributed by atoms with van der Waals surface area (Å²) >= 11 is 0. The molecular weight excluding hydrogens is 364 g/mol. The molecule has 146 valence electrons. The summed E-state index contributed by atoms with van der Waals surface area (Å²) in [6, 6.07) is 2.57. The van der Waals surface area contributed by atoms with Gasteiger partial charge in [0.1, 0.15) is 0 Å². The lowest BCUT2D eigenvalue weighted by Crippen LogP contribution is -2.46. The van der Waals surface area contributed by atoms with E-state index in [4.69, 9.17) is 0 Å². The number of nitrogens with zero attached hydrogens (tertiary/aromatic N) is 2. The monoisotopic (exact) mass is 389 g/mol. The van der Waals surface area contributed by atoms with Gasteiger partial charge in [-0.1, -0.05) is 0 Å². The molecule has 0 unspecified atom stereocenters. The van der Waals surface area contributed by atoms with Gasteiger partial charge in [0.05, 0.1) is 11.4 Å². The highest BCUT2D eigenvalue weighted by atomic mass is 32.2. The van der Waals surface area contributed by atoms with Crippen molar-refractivity contribution in [1.82, 2.24) is 14.5 Å². The van der Waals surface area contributed by atoms with Gasteiger partial charge in [-0.25, -0.2) is 17.2 Å². The lowest BCUT2D eigenvalue weighted by atomic mass is 10.1. The fourth-order valence-electron chi connectivity index (χ4n) is 2.79. The third kappa shape index (κ3) is 5.46. The molecule has 0 saturated carbocycles. The number of hydrogen-bond donors (Lipinski definition) is 1. The van der Waals surface area contributed by atoms with Crippen LogP contribution in [0.2, 0.25) is 0 Å². The lowest BCUT2D eigenvalue weighted by Gasteiger charge is -2.25. The van der Waals surface area contributed by atoms with Gasteiger partial charge in [0.2, 0.25) is 15.9 Å². The molecule has 0 spiro atoms. The predicted octanol–water partition coefficient (Wildman–Crippen LogP) is 1.58. The third-order valence-electron chi connectivity index (χ3n) is 3.96. The lowest BCUT2D eigenvalue weighted by molar-refractivity contribution is -0.123. The maximum atomic E-state index is 13.4. The first-order chi connectivity index (χ1) is 12.0. The van der Waals surface area contributed by atoms with Crippen molar-refractivity contribution >= 4 is 15.9 Å². The van der Waals surface area contributed by atoms with Crippen molar-refractivity contribution in [1.29, 1.82) is 0 Å². The van der Waals surface area contributed by atoms with Crippen LogP contribution in [0.3, 0.4) is 0 Å². The molecule has 0 radical (unpaired) electrons. The summed E-state index contributed by atoms with van der Waals surface area (Å²) in [5, 5.41) is 2.88. The standard InChI is InChI=1S/C17H25F2N3O3S/c1-17(2,3)20-16(23)12-21-7-4-8-22(10-9-21)26(24,25)13-5-6-14(18)15(19)11-13/h5-6,11H,4,7-10,12H2,1-3H3,(H,20,23). The molecule has 1 aliphatic heterocycles. The van der Waals surface area contributed by atoms with Gasteiger partial charge in [-0.3, -0.25) is 9.69 Å². The zero-order chi connectivity index (χ0) is 19.5. The fourth-order valence-corrected chi connectivity index (χ4v) is 4.27. The van der Waals surface area contributed by atoms with Crippen LogP contribution in [0.25, 0.3) is 0 Å². The van der Waals surface area contributed by atoms with E-state index < -0.39 is 21.7 Å². The van der Waals surface area contributed by atoms with E-state index in [9.17, 15) is 22.0 Å². The molecule has 6 nitrogen and oxygen atoms in total. The second kappa shape index (κ2) is 7.98. The van der Waals surface area contributed by atoms with E-state index in [2.05, 4.69) is 5.32 Å². The Bertz CT molecular complexity index is 763. The highest BCUT2D eigenvalue weighted by Gasteiger charge is 2.28. The summed E-state index contributed by atoms with van der Waals surface area (Å²) in [5.74, 6) is -2.40. The molecule has 1 aromatic carbocycles. The molecule has 1 saturated heterocycles. The van der Waals surface area contributed by atoms with Gasteiger partial charge >= 0.3 is 0 Å². The third-order valence-corrected chi connectivity index (χ3v) is 5.85. The molecule has 1 heterocycles. The maximum Gasteiger partial charge on any atom is 0.243 e. The Labute approximate surface area is 153 Å². The molecule has 9 heteroatoms. The van der Waals surface area contributed by atoms with Gasteiger partial charge in [0, 0.05) is 25.2 Å². The second-order valence-electron chi connectivity index (χ2n) is 7.41. The van der Waals surface area contributed by atoms with Crippen LogP contribution in [0.1, 0.15) is 27.2 Å². The van der Waals surface area contributed by atoms with Gasteiger partial charge < -0.3 is 5.32 Å². The van der Waals surface area contributed by atoms with Gasteiger partial charge in [-0.2, -0.15) is 4.31 Å². The number of amides is 1. The summed E-state index contributed by atoms with van der Waals surface area (Å²) in [6.45, 7) is 7.29. The first-order valence-corrected chi connectivity index (χ1v) is 9.91. The number of sulfonamides is 1. The molecule has 2 rings (SSSR count). The van der Waals surface area contributed by atoms with Crippen LogP contribution in [-0.2, 0) is 14.8 Å². The van der Waals surface area contributed by atoms with Gasteiger partial charge in [-0.05, 0) is 51.9 Å². The topological polar surface area (TPSA) is 69.7 Å². The van der Waals surface area contributed by atoms with Crippen LogP contribution in [0.5, 0.6) is 0 Å². The van der Waals surface area contributed by atoms with Gasteiger partial charge in [0.15, 0.2) is 11.6 Å². The molecular formula is C17H25F2N3O3S. The van der Waals surface area contributed by atoms with Crippen molar-refractivity contribution in [2.75, 3.05) is 32.7 Å². The molecule has 0 atom stereocenters. The number of benzene rings is 1. The van der Waals surface area contributed by atoms with Crippen LogP contribution in [0.15, 0.2) is 23.1 Å². The van der Waals surface area contributed by atoms with Crippen LogP contribution in [0, 0.1) is 11.6 Å². The Morgan fingerprint density at radius 2 is 1.81 bits per heavy atom. The Balaban J connectivity index is 2.03. The second-order valence-corrected chi connectivity index (χ2v) is 9.35. The zero-order valence-corrected chi connectivity index (χ0v) is 16.1. The molecule has 1 amide bonds. The van der Waals surface area contributed by atoms with E-state index in [-0.39, 0.29) is 36.0 Å². The van der Waals surface area contributed by atoms with Crippen molar-refractivity contribution in [3.05, 3.63) is 29.8 Å². The van der Waals surface area contributed by atoms with Crippen LogP contribution in [-0.4, -0.2) is 61.8 Å². The summed E-state index contributed by atoms with van der Waals surface area (Å²) in [4.78, 5) is 13.7. The van der Waals surface area contributed by atoms with Gasteiger partial charge in [-0.15, -0.1) is 0 Å². The van der Waals surface area contributed by atoms with Crippen molar-refractivity contribution < 1.29 is 22.0 Å². The average Bonchev–Trinajstić information content (AvgIpc) is 2.74.